The molecule has 0 radical (unpaired) electrons. The first-order valence-corrected chi connectivity index (χ1v) is 13.2. The van der Waals surface area contributed by atoms with Crippen molar-refractivity contribution in [2.45, 2.75) is 45.7 Å². The fourth-order valence-electron chi connectivity index (χ4n) is 4.21. The van der Waals surface area contributed by atoms with Gasteiger partial charge in [-0.25, -0.2) is 0 Å². The monoisotopic (exact) mass is 552 g/mol. The lowest BCUT2D eigenvalue weighted by Gasteiger charge is -2.22. The van der Waals surface area contributed by atoms with Crippen LogP contribution in [0.4, 0.5) is 11.4 Å². The zero-order chi connectivity index (χ0) is 29.6. The Morgan fingerprint density at radius 3 is 2.30 bits per heavy atom. The molecule has 0 aromatic carbocycles. The summed E-state index contributed by atoms with van der Waals surface area (Å²) in [4.78, 5) is 54.6. The van der Waals surface area contributed by atoms with Gasteiger partial charge < -0.3 is 40.3 Å². The summed E-state index contributed by atoms with van der Waals surface area (Å²) < 4.78 is 3.43. The number of nitrogens with zero attached hydrogens (tertiary/aromatic N) is 3. The molecule has 0 aliphatic heterocycles. The molecule has 3 aromatic rings. The maximum absolute atomic E-state index is 13.1. The molecular weight excluding hydrogens is 512 g/mol. The van der Waals surface area contributed by atoms with E-state index in [9.17, 15) is 19.2 Å². The largest absolute Gasteiger partial charge is 0.357 e. The number of rotatable bonds is 13. The quantitative estimate of drug-likeness (QED) is 0.164. The van der Waals surface area contributed by atoms with Crippen molar-refractivity contribution < 1.29 is 19.2 Å². The standard InChI is InChI=1S/C28H40N8O4/c1-18(2)36-16-21(13-24(36)26(39)29-9-8-10-34(5)6)33-27(40)23-12-20(15-35(23)7)32-25(38)22-11-19(14-30-22)28(3,4)31-17-37/h11-18,30H,8-10H2,1-7H3,(H,29,39)(H,31,37)(H,32,38)(H,33,40). The molecule has 12 heteroatoms. The lowest BCUT2D eigenvalue weighted by molar-refractivity contribution is -0.111. The molecule has 0 saturated heterocycles. The van der Waals surface area contributed by atoms with E-state index in [2.05, 4.69) is 31.2 Å². The van der Waals surface area contributed by atoms with E-state index in [1.165, 1.54) is 0 Å². The molecule has 4 amide bonds. The van der Waals surface area contributed by atoms with E-state index < -0.39 is 5.54 Å². The number of H-pyrrole nitrogens is 1. The fraction of sp³-hybridized carbons (Fsp3) is 0.429. The third kappa shape index (κ3) is 7.41. The Kier molecular flexibility index (Phi) is 9.59. The number of aromatic amines is 1. The van der Waals surface area contributed by atoms with Gasteiger partial charge in [-0.15, -0.1) is 0 Å². The van der Waals surface area contributed by atoms with E-state index in [0.717, 1.165) is 18.5 Å². The number of carbonyl (C=O) groups is 4. The number of anilines is 2. The van der Waals surface area contributed by atoms with Gasteiger partial charge >= 0.3 is 0 Å². The Labute approximate surface area is 234 Å². The average Bonchev–Trinajstić information content (AvgIpc) is 3.60. The Balaban J connectivity index is 1.68. The van der Waals surface area contributed by atoms with Crippen molar-refractivity contribution in [3.63, 3.8) is 0 Å². The molecule has 0 bridgehead atoms. The molecule has 12 nitrogen and oxygen atoms in total. The lowest BCUT2D eigenvalue weighted by atomic mass is 9.97. The molecule has 5 N–H and O–H groups in total. The van der Waals surface area contributed by atoms with Gasteiger partial charge in [0.15, 0.2) is 0 Å². The normalized spacial score (nSPS) is 11.5. The smallest absolute Gasteiger partial charge is 0.272 e. The number of amides is 4. The van der Waals surface area contributed by atoms with E-state index in [1.807, 2.05) is 46.4 Å². The zero-order valence-electron chi connectivity index (χ0n) is 24.2. The van der Waals surface area contributed by atoms with Crippen LogP contribution in [0, 0.1) is 0 Å². The minimum atomic E-state index is -0.643. The van der Waals surface area contributed by atoms with E-state index in [-0.39, 0.29) is 23.8 Å². The van der Waals surface area contributed by atoms with Crippen LogP contribution in [-0.4, -0.2) is 70.3 Å². The Bertz CT molecular complexity index is 1360. The highest BCUT2D eigenvalue weighted by Gasteiger charge is 2.23. The summed E-state index contributed by atoms with van der Waals surface area (Å²) in [5.74, 6) is -0.971. The van der Waals surface area contributed by atoms with E-state index >= 15 is 0 Å². The molecule has 0 saturated carbocycles. The van der Waals surface area contributed by atoms with Gasteiger partial charge in [0, 0.05) is 38.2 Å². The Hall–Kier alpha value is -4.32. The van der Waals surface area contributed by atoms with Crippen molar-refractivity contribution in [1.29, 1.82) is 0 Å². The maximum atomic E-state index is 13.1. The van der Waals surface area contributed by atoms with Gasteiger partial charge in [-0.1, -0.05) is 0 Å². The number of hydrogen-bond acceptors (Lipinski definition) is 5. The average molecular weight is 553 g/mol. The number of carbonyl (C=O) groups excluding carboxylic acids is 4. The summed E-state index contributed by atoms with van der Waals surface area (Å²) in [5, 5.41) is 11.3. The van der Waals surface area contributed by atoms with E-state index in [0.29, 0.717) is 41.4 Å². The molecule has 0 spiro atoms. The van der Waals surface area contributed by atoms with Gasteiger partial charge in [0.05, 0.1) is 16.9 Å². The number of aromatic nitrogens is 3. The second-order valence-corrected chi connectivity index (χ2v) is 10.9. The molecule has 0 unspecified atom stereocenters. The predicted octanol–water partition coefficient (Wildman–Crippen LogP) is 2.90. The van der Waals surface area contributed by atoms with Crippen molar-refractivity contribution in [3.8, 4) is 0 Å². The molecular formula is C28H40N8O4. The summed E-state index contributed by atoms with van der Waals surface area (Å²) >= 11 is 0. The Morgan fingerprint density at radius 1 is 1.00 bits per heavy atom. The summed E-state index contributed by atoms with van der Waals surface area (Å²) in [5.41, 5.74) is 2.14. The molecule has 3 rings (SSSR count). The summed E-state index contributed by atoms with van der Waals surface area (Å²) in [6, 6.07) is 4.91. The lowest BCUT2D eigenvalue weighted by Crippen LogP contribution is -2.34. The predicted molar refractivity (Wildman–Crippen MR) is 155 cm³/mol. The van der Waals surface area contributed by atoms with Gasteiger partial charge in [-0.05, 0) is 78.5 Å². The van der Waals surface area contributed by atoms with Crippen molar-refractivity contribution in [1.82, 2.24) is 29.7 Å². The van der Waals surface area contributed by atoms with Crippen LogP contribution in [0.1, 0.15) is 77.2 Å². The topological polar surface area (TPSA) is 145 Å². The third-order valence-corrected chi connectivity index (χ3v) is 6.53. The first-order valence-electron chi connectivity index (χ1n) is 13.2. The fourth-order valence-corrected chi connectivity index (χ4v) is 4.21. The first kappa shape index (κ1) is 30.2. The summed E-state index contributed by atoms with van der Waals surface area (Å²) in [6.07, 6.45) is 6.49. The number of aryl methyl sites for hydroxylation is 1. The highest BCUT2D eigenvalue weighted by Crippen LogP contribution is 2.23. The summed E-state index contributed by atoms with van der Waals surface area (Å²) in [7, 11) is 5.68. The van der Waals surface area contributed by atoms with E-state index in [1.54, 1.807) is 48.4 Å². The van der Waals surface area contributed by atoms with Gasteiger partial charge in [0.2, 0.25) is 6.41 Å². The van der Waals surface area contributed by atoms with Crippen molar-refractivity contribution >= 4 is 35.5 Å². The van der Waals surface area contributed by atoms with E-state index in [4.69, 9.17) is 0 Å². The second-order valence-electron chi connectivity index (χ2n) is 10.9. The third-order valence-electron chi connectivity index (χ3n) is 6.53. The molecule has 0 fully saturated rings. The molecule has 40 heavy (non-hydrogen) atoms. The molecule has 0 aliphatic rings. The van der Waals surface area contributed by atoms with Gasteiger partial charge in [-0.3, -0.25) is 19.2 Å². The summed E-state index contributed by atoms with van der Waals surface area (Å²) in [6.45, 7) is 9.00. The molecule has 3 aromatic heterocycles. The molecule has 0 aliphatic carbocycles. The van der Waals surface area contributed by atoms with Crippen LogP contribution in [0.2, 0.25) is 0 Å². The van der Waals surface area contributed by atoms with Crippen molar-refractivity contribution in [3.05, 3.63) is 59.4 Å². The SMILES string of the molecule is CC(C)n1cc(NC(=O)c2cc(NC(=O)c3cc(C(C)(C)NC=O)c[nH]3)cn2C)cc1C(=O)NCCCN(C)C. The minimum Gasteiger partial charge on any atom is -0.357 e. The van der Waals surface area contributed by atoms with Crippen LogP contribution in [-0.2, 0) is 17.4 Å². The first-order chi connectivity index (χ1) is 18.8. The number of nitrogens with one attached hydrogen (secondary N) is 5. The van der Waals surface area contributed by atoms with Crippen molar-refractivity contribution in [2.75, 3.05) is 37.8 Å². The van der Waals surface area contributed by atoms with Crippen LogP contribution >= 0.6 is 0 Å². The van der Waals surface area contributed by atoms with Crippen LogP contribution in [0.25, 0.3) is 0 Å². The van der Waals surface area contributed by atoms with Crippen LogP contribution in [0.15, 0.2) is 36.8 Å². The van der Waals surface area contributed by atoms with Gasteiger partial charge in [0.25, 0.3) is 17.7 Å². The Morgan fingerprint density at radius 2 is 1.65 bits per heavy atom. The van der Waals surface area contributed by atoms with Crippen LogP contribution in [0.5, 0.6) is 0 Å². The maximum Gasteiger partial charge on any atom is 0.272 e. The van der Waals surface area contributed by atoms with Crippen LogP contribution in [0.3, 0.4) is 0 Å². The zero-order valence-corrected chi connectivity index (χ0v) is 24.2. The molecule has 3 heterocycles. The minimum absolute atomic E-state index is 0.0123. The van der Waals surface area contributed by atoms with Gasteiger partial charge in [0.1, 0.15) is 17.1 Å². The highest BCUT2D eigenvalue weighted by atomic mass is 16.2. The highest BCUT2D eigenvalue weighted by molar-refractivity contribution is 6.07. The molecule has 0 atom stereocenters. The molecule has 216 valence electrons. The second kappa shape index (κ2) is 12.7. The number of hydrogen-bond donors (Lipinski definition) is 5. The van der Waals surface area contributed by atoms with Gasteiger partial charge in [-0.2, -0.15) is 0 Å². The van der Waals surface area contributed by atoms with Crippen LogP contribution < -0.4 is 21.3 Å². The van der Waals surface area contributed by atoms with Crippen molar-refractivity contribution in [2.24, 2.45) is 7.05 Å².